The molecule has 1 fully saturated rings. The fourth-order valence-corrected chi connectivity index (χ4v) is 3.00. The van der Waals surface area contributed by atoms with Crippen LogP contribution in [0.5, 0.6) is 0 Å². The van der Waals surface area contributed by atoms with E-state index in [1.807, 2.05) is 27.7 Å². The van der Waals surface area contributed by atoms with Gasteiger partial charge in [0.2, 0.25) is 0 Å². The summed E-state index contributed by atoms with van der Waals surface area (Å²) in [7, 11) is -2.87. The van der Waals surface area contributed by atoms with Gasteiger partial charge in [0.1, 0.15) is 0 Å². The molecule has 1 rings (SSSR count). The summed E-state index contributed by atoms with van der Waals surface area (Å²) in [6.45, 7) is 7.35. The minimum atomic E-state index is -3.94. The highest BCUT2D eigenvalue weighted by molar-refractivity contribution is 7.81. The molecule has 17 heavy (non-hydrogen) atoms. The third-order valence-electron chi connectivity index (χ3n) is 3.06. The molecule has 1 aliphatic heterocycles. The molecule has 0 spiro atoms. The lowest BCUT2D eigenvalue weighted by Crippen LogP contribution is -2.60. The summed E-state index contributed by atoms with van der Waals surface area (Å²) in [5.74, 6) is 0. The normalized spacial score (nSPS) is 26.0. The molecule has 0 unspecified atom stereocenters. The van der Waals surface area contributed by atoms with Gasteiger partial charge in [-0.3, -0.25) is 4.18 Å². The Morgan fingerprint density at radius 3 is 1.94 bits per heavy atom. The molecule has 1 aliphatic rings. The van der Waals surface area contributed by atoms with Gasteiger partial charge in [0.15, 0.2) is 0 Å². The summed E-state index contributed by atoms with van der Waals surface area (Å²) in [5.41, 5.74) is -1.09. The van der Waals surface area contributed by atoms with Crippen molar-refractivity contribution in [1.82, 2.24) is 5.06 Å². The Labute approximate surface area is 103 Å². The van der Waals surface area contributed by atoms with Gasteiger partial charge in [0.05, 0.1) is 13.2 Å². The molecular weight excluding hydrogens is 246 g/mol. The second kappa shape index (κ2) is 4.47. The Morgan fingerprint density at radius 1 is 1.18 bits per heavy atom. The van der Waals surface area contributed by atoms with Crippen molar-refractivity contribution < 1.29 is 22.0 Å². The highest BCUT2D eigenvalue weighted by Crippen LogP contribution is 2.38. The minimum Gasteiger partial charge on any atom is -0.313 e. The Bertz CT molecular complexity index is 358. The molecule has 1 N–H and O–H groups in total. The SMILES string of the molecule is COS(=O)(=O)OC1CC(C)(C)N(O)C(C)(C)C1. The molecule has 102 valence electrons. The Hall–Kier alpha value is -0.210. The summed E-state index contributed by atoms with van der Waals surface area (Å²) < 4.78 is 31.7. The van der Waals surface area contributed by atoms with Crippen molar-refractivity contribution in [3.63, 3.8) is 0 Å². The van der Waals surface area contributed by atoms with Crippen molar-refractivity contribution in [1.29, 1.82) is 0 Å². The lowest BCUT2D eigenvalue weighted by Gasteiger charge is -2.50. The van der Waals surface area contributed by atoms with E-state index in [2.05, 4.69) is 4.18 Å². The largest absolute Gasteiger partial charge is 0.399 e. The van der Waals surface area contributed by atoms with Crippen LogP contribution in [0.4, 0.5) is 0 Å². The van der Waals surface area contributed by atoms with Gasteiger partial charge in [0, 0.05) is 11.1 Å². The summed E-state index contributed by atoms with van der Waals surface area (Å²) in [6, 6.07) is 0. The quantitative estimate of drug-likeness (QED) is 0.830. The van der Waals surface area contributed by atoms with Gasteiger partial charge in [-0.15, -0.1) is 0 Å². The van der Waals surface area contributed by atoms with Crippen LogP contribution in [0.3, 0.4) is 0 Å². The van der Waals surface area contributed by atoms with E-state index in [0.717, 1.165) is 7.11 Å². The summed E-state index contributed by atoms with van der Waals surface area (Å²) in [4.78, 5) is 0. The van der Waals surface area contributed by atoms with Crippen LogP contribution in [-0.4, -0.2) is 43.0 Å². The standard InChI is InChI=1S/C10H21NO5S/c1-9(2)6-8(16-17(13,14)15-5)7-10(3,4)11(9)12/h8,12H,6-7H2,1-5H3. The predicted octanol–water partition coefficient (Wildman–Crippen LogP) is 1.31. The number of hydrogen-bond acceptors (Lipinski definition) is 6. The molecule has 0 aliphatic carbocycles. The van der Waals surface area contributed by atoms with E-state index in [0.29, 0.717) is 12.8 Å². The van der Waals surface area contributed by atoms with E-state index >= 15 is 0 Å². The molecule has 6 nitrogen and oxygen atoms in total. The van der Waals surface area contributed by atoms with Crippen molar-refractivity contribution >= 4 is 10.4 Å². The van der Waals surface area contributed by atoms with Crippen LogP contribution in [0.2, 0.25) is 0 Å². The van der Waals surface area contributed by atoms with Crippen LogP contribution in [0.1, 0.15) is 40.5 Å². The number of rotatable bonds is 3. The number of hydroxylamine groups is 2. The van der Waals surface area contributed by atoms with Gasteiger partial charge in [0.25, 0.3) is 0 Å². The van der Waals surface area contributed by atoms with Crippen LogP contribution in [0.15, 0.2) is 0 Å². The maximum absolute atomic E-state index is 11.3. The van der Waals surface area contributed by atoms with E-state index in [1.165, 1.54) is 5.06 Å². The van der Waals surface area contributed by atoms with Crippen LogP contribution >= 0.6 is 0 Å². The second-order valence-electron chi connectivity index (χ2n) is 5.64. The summed E-state index contributed by atoms with van der Waals surface area (Å²) >= 11 is 0. The molecule has 0 amide bonds. The van der Waals surface area contributed by atoms with E-state index < -0.39 is 27.6 Å². The first-order valence-electron chi connectivity index (χ1n) is 5.48. The highest BCUT2D eigenvalue weighted by atomic mass is 32.3. The Morgan fingerprint density at radius 2 is 1.59 bits per heavy atom. The van der Waals surface area contributed by atoms with Crippen LogP contribution in [0.25, 0.3) is 0 Å². The molecule has 0 radical (unpaired) electrons. The van der Waals surface area contributed by atoms with E-state index in [4.69, 9.17) is 4.18 Å². The first-order valence-corrected chi connectivity index (χ1v) is 6.81. The molecule has 0 aromatic rings. The smallest absolute Gasteiger partial charge is 0.313 e. The average Bonchev–Trinajstić information content (AvgIpc) is 2.12. The number of nitrogens with zero attached hydrogens (tertiary/aromatic N) is 1. The van der Waals surface area contributed by atoms with Gasteiger partial charge in [-0.25, -0.2) is 4.18 Å². The molecule has 0 aromatic heterocycles. The second-order valence-corrected chi connectivity index (χ2v) is 6.98. The van der Waals surface area contributed by atoms with Crippen molar-refractivity contribution in [2.45, 2.75) is 57.7 Å². The topological polar surface area (TPSA) is 76.1 Å². The Balaban J connectivity index is 2.86. The predicted molar refractivity (Wildman–Crippen MR) is 61.8 cm³/mol. The maximum Gasteiger partial charge on any atom is 0.399 e. The third-order valence-corrected chi connectivity index (χ3v) is 3.98. The fraction of sp³-hybridized carbons (Fsp3) is 1.00. The average molecular weight is 267 g/mol. The lowest BCUT2D eigenvalue weighted by atomic mass is 9.80. The van der Waals surface area contributed by atoms with Gasteiger partial charge in [-0.1, -0.05) is 0 Å². The fourth-order valence-electron chi connectivity index (χ4n) is 2.45. The zero-order chi connectivity index (χ0) is 13.5. The van der Waals surface area contributed by atoms with Gasteiger partial charge < -0.3 is 5.21 Å². The number of hydrogen-bond donors (Lipinski definition) is 1. The molecule has 0 atom stereocenters. The number of piperidine rings is 1. The molecule has 1 heterocycles. The molecule has 0 aromatic carbocycles. The van der Waals surface area contributed by atoms with Crippen molar-refractivity contribution in [3.8, 4) is 0 Å². The first kappa shape index (κ1) is 14.8. The molecule has 0 saturated carbocycles. The van der Waals surface area contributed by atoms with Crippen LogP contribution in [0, 0.1) is 0 Å². The van der Waals surface area contributed by atoms with E-state index in [-0.39, 0.29) is 0 Å². The van der Waals surface area contributed by atoms with Gasteiger partial charge in [-0.05, 0) is 40.5 Å². The Kier molecular flexibility index (Phi) is 3.91. The lowest BCUT2D eigenvalue weighted by molar-refractivity contribution is -0.255. The van der Waals surface area contributed by atoms with Crippen LogP contribution in [-0.2, 0) is 18.8 Å². The summed E-state index contributed by atoms with van der Waals surface area (Å²) in [5, 5.41) is 11.3. The minimum absolute atomic E-state index is 0.412. The van der Waals surface area contributed by atoms with Crippen molar-refractivity contribution in [2.75, 3.05) is 7.11 Å². The van der Waals surface area contributed by atoms with E-state index in [9.17, 15) is 13.6 Å². The molecule has 0 bridgehead atoms. The molecule has 1 saturated heterocycles. The van der Waals surface area contributed by atoms with Crippen molar-refractivity contribution in [2.24, 2.45) is 0 Å². The monoisotopic (exact) mass is 267 g/mol. The van der Waals surface area contributed by atoms with Gasteiger partial charge >= 0.3 is 10.4 Å². The van der Waals surface area contributed by atoms with E-state index in [1.54, 1.807) is 0 Å². The third kappa shape index (κ3) is 3.38. The highest BCUT2D eigenvalue weighted by Gasteiger charge is 2.46. The first-order chi connectivity index (χ1) is 7.50. The zero-order valence-electron chi connectivity index (χ0n) is 10.9. The zero-order valence-corrected chi connectivity index (χ0v) is 11.7. The van der Waals surface area contributed by atoms with Crippen molar-refractivity contribution in [3.05, 3.63) is 0 Å². The maximum atomic E-state index is 11.3. The van der Waals surface area contributed by atoms with Gasteiger partial charge in [-0.2, -0.15) is 13.5 Å². The molecule has 7 heteroatoms. The molecular formula is C10H21NO5S. The summed E-state index contributed by atoms with van der Waals surface area (Å²) in [6.07, 6.45) is 0.332. The van der Waals surface area contributed by atoms with Crippen LogP contribution < -0.4 is 0 Å².